The minimum atomic E-state index is -3.46. The Hall–Kier alpha value is -1.14. The summed E-state index contributed by atoms with van der Waals surface area (Å²) in [6, 6.07) is 3.30. The predicted octanol–water partition coefficient (Wildman–Crippen LogP) is 2.71. The van der Waals surface area contributed by atoms with Crippen molar-refractivity contribution in [2.45, 2.75) is 43.9 Å². The van der Waals surface area contributed by atoms with Crippen molar-refractivity contribution in [2.75, 3.05) is 25.5 Å². The minimum Gasteiger partial charge on any atom is -0.372 e. The van der Waals surface area contributed by atoms with Gasteiger partial charge in [0.2, 0.25) is 10.0 Å². The average Bonchev–Trinajstić information content (AvgIpc) is 2.74. The minimum absolute atomic E-state index is 0.279. The van der Waals surface area contributed by atoms with Crippen LogP contribution in [0.15, 0.2) is 23.2 Å². The van der Waals surface area contributed by atoms with E-state index in [9.17, 15) is 8.42 Å². The lowest BCUT2D eigenvalue weighted by Gasteiger charge is -2.21. The fourth-order valence-corrected chi connectivity index (χ4v) is 4.64. The fraction of sp³-hybridized carbons (Fsp3) is 0.667. The van der Waals surface area contributed by atoms with E-state index in [-0.39, 0.29) is 4.90 Å². The summed E-state index contributed by atoms with van der Waals surface area (Å²) in [7, 11) is -1.76. The molecule has 118 valence electrons. The molecule has 0 amide bonds. The van der Waals surface area contributed by atoms with Crippen LogP contribution in [0.2, 0.25) is 0 Å². The van der Waals surface area contributed by atoms with Gasteiger partial charge >= 0.3 is 0 Å². The highest BCUT2D eigenvalue weighted by Crippen LogP contribution is 2.27. The quantitative estimate of drug-likeness (QED) is 0.908. The molecular weight excluding hydrogens is 286 g/mol. The molecule has 1 aromatic rings. The standard InChI is InChI=1S/C15H25N3O2S/c1-3-6-13-7-5-11-18(12-9-13)21(19,20)14-8-4-10-17-15(14)16-2/h4,8,10,13H,3,5-7,9,11-12H2,1-2H3,(H,16,17). The molecule has 1 aromatic heterocycles. The van der Waals surface area contributed by atoms with Crippen molar-refractivity contribution in [1.29, 1.82) is 0 Å². The third kappa shape index (κ3) is 3.74. The second-order valence-electron chi connectivity index (χ2n) is 5.59. The smallest absolute Gasteiger partial charge is 0.246 e. The third-order valence-electron chi connectivity index (χ3n) is 4.13. The molecule has 1 unspecified atom stereocenters. The summed E-state index contributed by atoms with van der Waals surface area (Å²) in [5.74, 6) is 1.08. The van der Waals surface area contributed by atoms with Gasteiger partial charge in [0.25, 0.3) is 0 Å². The number of hydrogen-bond acceptors (Lipinski definition) is 4. The van der Waals surface area contributed by atoms with Gasteiger partial charge in [-0.2, -0.15) is 4.31 Å². The summed E-state index contributed by atoms with van der Waals surface area (Å²) >= 11 is 0. The normalized spacial score (nSPS) is 21.0. The van der Waals surface area contributed by atoms with Crippen LogP contribution in [0.3, 0.4) is 0 Å². The second kappa shape index (κ2) is 7.22. The Balaban J connectivity index is 2.19. The summed E-state index contributed by atoms with van der Waals surface area (Å²) in [6.07, 6.45) is 7.00. The van der Waals surface area contributed by atoms with Gasteiger partial charge in [0.05, 0.1) is 0 Å². The molecule has 2 heterocycles. The molecule has 1 aliphatic heterocycles. The van der Waals surface area contributed by atoms with Gasteiger partial charge in [0.1, 0.15) is 10.7 Å². The summed E-state index contributed by atoms with van der Waals surface area (Å²) in [6.45, 7) is 3.42. The molecule has 0 aliphatic carbocycles. The lowest BCUT2D eigenvalue weighted by Crippen LogP contribution is -2.32. The van der Waals surface area contributed by atoms with Crippen LogP contribution < -0.4 is 5.32 Å². The Bertz CT molecular complexity index is 560. The van der Waals surface area contributed by atoms with Crippen LogP contribution in [0, 0.1) is 5.92 Å². The molecule has 0 bridgehead atoms. The van der Waals surface area contributed by atoms with Crippen molar-refractivity contribution in [3.63, 3.8) is 0 Å². The number of rotatable bonds is 5. The van der Waals surface area contributed by atoms with Gasteiger partial charge in [-0.1, -0.05) is 19.8 Å². The first-order chi connectivity index (χ1) is 10.1. The molecular formula is C15H25N3O2S. The van der Waals surface area contributed by atoms with Gasteiger partial charge in [0, 0.05) is 26.3 Å². The van der Waals surface area contributed by atoms with E-state index < -0.39 is 10.0 Å². The van der Waals surface area contributed by atoms with Crippen molar-refractivity contribution < 1.29 is 8.42 Å². The first-order valence-electron chi connectivity index (χ1n) is 7.72. The second-order valence-corrected chi connectivity index (χ2v) is 7.50. The van der Waals surface area contributed by atoms with Crippen molar-refractivity contribution in [3.8, 4) is 0 Å². The fourth-order valence-electron chi connectivity index (χ4n) is 3.00. The summed E-state index contributed by atoms with van der Waals surface area (Å²) < 4.78 is 27.3. The van der Waals surface area contributed by atoms with Gasteiger partial charge in [-0.3, -0.25) is 0 Å². The van der Waals surface area contributed by atoms with Crippen LogP contribution in [0.5, 0.6) is 0 Å². The molecule has 1 aliphatic rings. The van der Waals surface area contributed by atoms with Crippen molar-refractivity contribution >= 4 is 15.8 Å². The molecule has 0 saturated carbocycles. The molecule has 0 radical (unpaired) electrons. The van der Waals surface area contributed by atoms with E-state index in [4.69, 9.17) is 0 Å². The third-order valence-corrected chi connectivity index (χ3v) is 6.06. The summed E-state index contributed by atoms with van der Waals surface area (Å²) in [4.78, 5) is 4.39. The van der Waals surface area contributed by atoms with E-state index >= 15 is 0 Å². The highest BCUT2D eigenvalue weighted by molar-refractivity contribution is 7.89. The zero-order valence-electron chi connectivity index (χ0n) is 12.9. The van der Waals surface area contributed by atoms with E-state index in [1.165, 1.54) is 12.8 Å². The van der Waals surface area contributed by atoms with Crippen molar-refractivity contribution in [1.82, 2.24) is 9.29 Å². The first kappa shape index (κ1) is 16.2. The van der Waals surface area contributed by atoms with Gasteiger partial charge in [-0.15, -0.1) is 0 Å². The van der Waals surface area contributed by atoms with E-state index in [1.807, 2.05) is 0 Å². The van der Waals surface area contributed by atoms with Gasteiger partial charge in [0.15, 0.2) is 0 Å². The van der Waals surface area contributed by atoms with Crippen molar-refractivity contribution in [3.05, 3.63) is 18.3 Å². The van der Waals surface area contributed by atoms with E-state index in [2.05, 4.69) is 17.2 Å². The average molecular weight is 311 g/mol. The molecule has 21 heavy (non-hydrogen) atoms. The van der Waals surface area contributed by atoms with E-state index in [1.54, 1.807) is 29.7 Å². The van der Waals surface area contributed by atoms with Gasteiger partial charge in [-0.05, 0) is 37.3 Å². The maximum atomic E-state index is 12.8. The lowest BCUT2D eigenvalue weighted by molar-refractivity contribution is 0.400. The number of hydrogen-bond donors (Lipinski definition) is 1. The Labute approximate surface area is 127 Å². The summed E-state index contributed by atoms with van der Waals surface area (Å²) in [5, 5.41) is 2.87. The van der Waals surface area contributed by atoms with Crippen LogP contribution >= 0.6 is 0 Å². The molecule has 2 rings (SSSR count). The molecule has 6 heteroatoms. The number of nitrogens with one attached hydrogen (secondary N) is 1. The monoisotopic (exact) mass is 311 g/mol. The van der Waals surface area contributed by atoms with Gasteiger partial charge < -0.3 is 5.32 Å². The van der Waals surface area contributed by atoms with Crippen LogP contribution in [-0.2, 0) is 10.0 Å². The van der Waals surface area contributed by atoms with E-state index in [0.29, 0.717) is 24.8 Å². The molecule has 1 saturated heterocycles. The zero-order valence-corrected chi connectivity index (χ0v) is 13.7. The summed E-state index contributed by atoms with van der Waals surface area (Å²) in [5.41, 5.74) is 0. The predicted molar refractivity (Wildman–Crippen MR) is 84.8 cm³/mol. The molecule has 0 spiro atoms. The Morgan fingerprint density at radius 1 is 1.38 bits per heavy atom. The highest BCUT2D eigenvalue weighted by Gasteiger charge is 2.29. The highest BCUT2D eigenvalue weighted by atomic mass is 32.2. The molecule has 1 N–H and O–H groups in total. The lowest BCUT2D eigenvalue weighted by atomic mass is 9.96. The van der Waals surface area contributed by atoms with Crippen molar-refractivity contribution in [2.24, 2.45) is 5.92 Å². The number of pyridine rings is 1. The van der Waals surface area contributed by atoms with Crippen LogP contribution in [-0.4, -0.2) is 37.8 Å². The number of sulfonamides is 1. The number of nitrogens with zero attached hydrogens (tertiary/aromatic N) is 2. The maximum Gasteiger partial charge on any atom is 0.246 e. The number of aromatic nitrogens is 1. The molecule has 1 fully saturated rings. The Kier molecular flexibility index (Phi) is 5.58. The maximum absolute atomic E-state index is 12.8. The number of anilines is 1. The van der Waals surface area contributed by atoms with Gasteiger partial charge in [-0.25, -0.2) is 13.4 Å². The molecule has 5 nitrogen and oxygen atoms in total. The van der Waals surface area contributed by atoms with Crippen LogP contribution in [0.1, 0.15) is 39.0 Å². The van der Waals surface area contributed by atoms with Crippen LogP contribution in [0.25, 0.3) is 0 Å². The Morgan fingerprint density at radius 2 is 2.19 bits per heavy atom. The zero-order chi connectivity index (χ0) is 15.3. The molecule has 1 atom stereocenters. The van der Waals surface area contributed by atoms with E-state index in [0.717, 1.165) is 19.3 Å². The largest absolute Gasteiger partial charge is 0.372 e. The first-order valence-corrected chi connectivity index (χ1v) is 9.16. The topological polar surface area (TPSA) is 62.3 Å². The molecule has 0 aromatic carbocycles. The van der Waals surface area contributed by atoms with Crippen LogP contribution in [0.4, 0.5) is 5.82 Å². The SMILES string of the molecule is CCCC1CCCN(S(=O)(=O)c2cccnc2NC)CC1. The Morgan fingerprint density at radius 3 is 2.90 bits per heavy atom.